The molecule has 0 bridgehead atoms. The van der Waals surface area contributed by atoms with Crippen molar-refractivity contribution in [3.8, 4) is 0 Å². The van der Waals surface area contributed by atoms with Crippen LogP contribution in [0.5, 0.6) is 0 Å². The number of hydrogen-bond acceptors (Lipinski definition) is 3. The van der Waals surface area contributed by atoms with E-state index in [1.54, 1.807) is 0 Å². The van der Waals surface area contributed by atoms with Crippen molar-refractivity contribution in [3.63, 3.8) is 0 Å². The van der Waals surface area contributed by atoms with Crippen molar-refractivity contribution in [2.75, 3.05) is 26.2 Å². The summed E-state index contributed by atoms with van der Waals surface area (Å²) >= 11 is 0. The molecule has 2 aliphatic heterocycles. The molecule has 2 rings (SSSR count). The van der Waals surface area contributed by atoms with E-state index in [2.05, 4.69) is 4.90 Å². The van der Waals surface area contributed by atoms with Gasteiger partial charge >= 0.3 is 0 Å². The normalized spacial score (nSPS) is 34.9. The standard InChI is InChI=1S/C11H22N2O/c12-8-10-4-3-6-13(10)9-11-5-1-2-7-14-11/h10-11H,1-9,12H2. The van der Waals surface area contributed by atoms with E-state index in [9.17, 15) is 0 Å². The zero-order chi connectivity index (χ0) is 9.80. The smallest absolute Gasteiger partial charge is 0.0702 e. The van der Waals surface area contributed by atoms with E-state index in [0.29, 0.717) is 12.1 Å². The van der Waals surface area contributed by atoms with Gasteiger partial charge in [0.05, 0.1) is 6.10 Å². The number of ether oxygens (including phenoxy) is 1. The highest BCUT2D eigenvalue weighted by Crippen LogP contribution is 2.20. The Bertz CT molecular complexity index is 169. The lowest BCUT2D eigenvalue weighted by atomic mass is 10.1. The van der Waals surface area contributed by atoms with Crippen LogP contribution in [0.3, 0.4) is 0 Å². The van der Waals surface area contributed by atoms with Crippen molar-refractivity contribution >= 4 is 0 Å². The molecule has 2 atom stereocenters. The molecule has 2 aliphatic rings. The van der Waals surface area contributed by atoms with Crippen molar-refractivity contribution in [2.24, 2.45) is 5.73 Å². The predicted octanol–water partition coefficient (Wildman–Crippen LogP) is 0.979. The van der Waals surface area contributed by atoms with Crippen LogP contribution in [0.2, 0.25) is 0 Å². The Hall–Kier alpha value is -0.120. The highest BCUT2D eigenvalue weighted by Gasteiger charge is 2.26. The third-order valence-electron chi connectivity index (χ3n) is 3.48. The van der Waals surface area contributed by atoms with Crippen LogP contribution in [0.4, 0.5) is 0 Å². The number of rotatable bonds is 3. The van der Waals surface area contributed by atoms with Gasteiger partial charge in [-0.15, -0.1) is 0 Å². The molecule has 0 spiro atoms. The summed E-state index contributed by atoms with van der Waals surface area (Å²) in [6, 6.07) is 0.625. The van der Waals surface area contributed by atoms with E-state index in [1.165, 1.54) is 38.6 Å². The average Bonchev–Trinajstić information content (AvgIpc) is 2.67. The maximum atomic E-state index is 5.75. The molecule has 14 heavy (non-hydrogen) atoms. The molecule has 3 nitrogen and oxygen atoms in total. The fourth-order valence-electron chi connectivity index (χ4n) is 2.62. The van der Waals surface area contributed by atoms with Crippen molar-refractivity contribution in [3.05, 3.63) is 0 Å². The third-order valence-corrected chi connectivity index (χ3v) is 3.48. The summed E-state index contributed by atoms with van der Waals surface area (Å²) in [6.45, 7) is 4.11. The van der Waals surface area contributed by atoms with E-state index in [0.717, 1.165) is 19.7 Å². The first kappa shape index (κ1) is 10.4. The van der Waals surface area contributed by atoms with Crippen LogP contribution >= 0.6 is 0 Å². The van der Waals surface area contributed by atoms with Gasteiger partial charge in [-0.25, -0.2) is 0 Å². The minimum atomic E-state index is 0.482. The first-order chi connectivity index (χ1) is 6.90. The lowest BCUT2D eigenvalue weighted by molar-refractivity contribution is -0.00732. The van der Waals surface area contributed by atoms with Crippen LogP contribution in [-0.2, 0) is 4.74 Å². The number of likely N-dealkylation sites (tertiary alicyclic amines) is 1. The van der Waals surface area contributed by atoms with Crippen molar-refractivity contribution in [1.29, 1.82) is 0 Å². The Kier molecular flexibility index (Phi) is 3.79. The Balaban J connectivity index is 1.77. The van der Waals surface area contributed by atoms with Gasteiger partial charge in [-0.3, -0.25) is 4.90 Å². The molecule has 82 valence electrons. The summed E-state index contributed by atoms with van der Waals surface area (Å²) in [6.07, 6.45) is 6.91. The molecule has 2 unspecified atom stereocenters. The summed E-state index contributed by atoms with van der Waals surface area (Å²) in [7, 11) is 0. The van der Waals surface area contributed by atoms with Gasteiger partial charge in [0.15, 0.2) is 0 Å². The van der Waals surface area contributed by atoms with E-state index in [4.69, 9.17) is 10.5 Å². The summed E-state index contributed by atoms with van der Waals surface area (Å²) in [5.41, 5.74) is 5.75. The zero-order valence-corrected chi connectivity index (χ0v) is 8.95. The monoisotopic (exact) mass is 198 g/mol. The van der Waals surface area contributed by atoms with Crippen LogP contribution < -0.4 is 5.73 Å². The van der Waals surface area contributed by atoms with Gasteiger partial charge in [0.2, 0.25) is 0 Å². The van der Waals surface area contributed by atoms with Crippen LogP contribution in [0, 0.1) is 0 Å². The summed E-state index contributed by atoms with van der Waals surface area (Å²) in [4.78, 5) is 2.52. The molecule has 0 radical (unpaired) electrons. The molecule has 0 aromatic heterocycles. The highest BCUT2D eigenvalue weighted by atomic mass is 16.5. The van der Waals surface area contributed by atoms with Gasteiger partial charge in [0.1, 0.15) is 0 Å². The molecule has 0 saturated carbocycles. The Morgan fingerprint density at radius 1 is 1.21 bits per heavy atom. The molecule has 0 amide bonds. The number of nitrogens with two attached hydrogens (primary N) is 1. The van der Waals surface area contributed by atoms with Gasteiger partial charge in [-0.05, 0) is 38.6 Å². The molecule has 2 N–H and O–H groups in total. The first-order valence-corrected chi connectivity index (χ1v) is 5.96. The zero-order valence-electron chi connectivity index (χ0n) is 8.95. The lowest BCUT2D eigenvalue weighted by Gasteiger charge is -2.30. The van der Waals surface area contributed by atoms with E-state index >= 15 is 0 Å². The van der Waals surface area contributed by atoms with Gasteiger partial charge in [-0.2, -0.15) is 0 Å². The maximum absolute atomic E-state index is 5.75. The lowest BCUT2D eigenvalue weighted by Crippen LogP contribution is -2.41. The van der Waals surface area contributed by atoms with Crippen molar-refractivity contribution in [1.82, 2.24) is 4.90 Å². The Labute approximate surface area is 86.6 Å². The van der Waals surface area contributed by atoms with E-state index in [1.807, 2.05) is 0 Å². The minimum absolute atomic E-state index is 0.482. The topological polar surface area (TPSA) is 38.5 Å². The van der Waals surface area contributed by atoms with Gasteiger partial charge in [-0.1, -0.05) is 0 Å². The quantitative estimate of drug-likeness (QED) is 0.734. The predicted molar refractivity (Wildman–Crippen MR) is 57.2 cm³/mol. The molecule has 2 heterocycles. The second-order valence-corrected chi connectivity index (χ2v) is 4.52. The summed E-state index contributed by atoms with van der Waals surface area (Å²) in [5, 5.41) is 0. The Morgan fingerprint density at radius 2 is 2.14 bits per heavy atom. The van der Waals surface area contributed by atoms with Crippen LogP contribution in [0.25, 0.3) is 0 Å². The van der Waals surface area contributed by atoms with Crippen molar-refractivity contribution in [2.45, 2.75) is 44.2 Å². The minimum Gasteiger partial charge on any atom is -0.377 e. The van der Waals surface area contributed by atoms with Crippen LogP contribution in [-0.4, -0.2) is 43.3 Å². The van der Waals surface area contributed by atoms with Crippen LogP contribution in [0.15, 0.2) is 0 Å². The molecule has 0 aromatic carbocycles. The second kappa shape index (κ2) is 5.10. The molecule has 3 heteroatoms. The largest absolute Gasteiger partial charge is 0.377 e. The average molecular weight is 198 g/mol. The third kappa shape index (κ3) is 2.47. The van der Waals surface area contributed by atoms with E-state index in [-0.39, 0.29) is 0 Å². The SMILES string of the molecule is NCC1CCCN1CC1CCCCO1. The molecule has 2 fully saturated rings. The molecule has 2 saturated heterocycles. The molecule has 0 aliphatic carbocycles. The fraction of sp³-hybridized carbons (Fsp3) is 1.00. The fourth-order valence-corrected chi connectivity index (χ4v) is 2.62. The summed E-state index contributed by atoms with van der Waals surface area (Å²) in [5.74, 6) is 0. The number of hydrogen-bond donors (Lipinski definition) is 1. The molecule has 0 aromatic rings. The first-order valence-electron chi connectivity index (χ1n) is 5.96. The molecular formula is C11H22N2O. The van der Waals surface area contributed by atoms with Gasteiger partial charge in [0, 0.05) is 25.7 Å². The molecular weight excluding hydrogens is 176 g/mol. The number of nitrogens with zero attached hydrogens (tertiary/aromatic N) is 1. The Morgan fingerprint density at radius 3 is 2.86 bits per heavy atom. The van der Waals surface area contributed by atoms with Crippen molar-refractivity contribution < 1.29 is 4.74 Å². The second-order valence-electron chi connectivity index (χ2n) is 4.52. The highest BCUT2D eigenvalue weighted by molar-refractivity contribution is 4.82. The van der Waals surface area contributed by atoms with Gasteiger partial charge in [0.25, 0.3) is 0 Å². The van der Waals surface area contributed by atoms with Crippen LogP contribution in [0.1, 0.15) is 32.1 Å². The summed E-state index contributed by atoms with van der Waals surface area (Å²) < 4.78 is 5.75. The van der Waals surface area contributed by atoms with E-state index < -0.39 is 0 Å². The van der Waals surface area contributed by atoms with Gasteiger partial charge < -0.3 is 10.5 Å². The maximum Gasteiger partial charge on any atom is 0.0702 e.